The van der Waals surface area contributed by atoms with Crippen molar-refractivity contribution < 1.29 is 9.53 Å². The van der Waals surface area contributed by atoms with Gasteiger partial charge in [-0.2, -0.15) is 0 Å². The lowest BCUT2D eigenvalue weighted by Gasteiger charge is -2.09. The van der Waals surface area contributed by atoms with Crippen molar-refractivity contribution in [1.82, 2.24) is 0 Å². The molecule has 0 unspecified atom stereocenters. The summed E-state index contributed by atoms with van der Waals surface area (Å²) in [5.74, 6) is 0.301. The molecule has 2 aromatic rings. The molecular weight excluding hydrogens is 248 g/mol. The fourth-order valence-corrected chi connectivity index (χ4v) is 2.34. The lowest BCUT2D eigenvalue weighted by atomic mass is 10.0. The van der Waals surface area contributed by atoms with E-state index in [0.29, 0.717) is 17.7 Å². The lowest BCUT2D eigenvalue weighted by Crippen LogP contribution is -2.10. The topological polar surface area (TPSA) is 26.3 Å². The van der Waals surface area contributed by atoms with Crippen LogP contribution in [-0.2, 0) is 4.79 Å². The highest BCUT2D eigenvalue weighted by molar-refractivity contribution is 5.98. The number of carbonyl (C=O) groups excluding carboxylic acids is 1. The van der Waals surface area contributed by atoms with Crippen molar-refractivity contribution in [3.63, 3.8) is 0 Å². The maximum atomic E-state index is 12.1. The third-order valence-electron chi connectivity index (χ3n) is 3.37. The fraction of sp³-hybridized carbons (Fsp3) is 0.0556. The Kier molecular flexibility index (Phi) is 3.21. The van der Waals surface area contributed by atoms with Crippen LogP contribution < -0.4 is 4.74 Å². The number of rotatable bonds is 3. The van der Waals surface area contributed by atoms with Crippen LogP contribution in [0.1, 0.15) is 12.0 Å². The van der Waals surface area contributed by atoms with Gasteiger partial charge in [0, 0.05) is 11.0 Å². The number of hydrogen-bond donors (Lipinski definition) is 0. The van der Waals surface area contributed by atoms with E-state index in [-0.39, 0.29) is 5.97 Å². The summed E-state index contributed by atoms with van der Waals surface area (Å²) >= 11 is 0. The minimum absolute atomic E-state index is 0.286. The molecule has 1 aliphatic rings. The summed E-state index contributed by atoms with van der Waals surface area (Å²) in [5, 5.41) is 1.95. The van der Waals surface area contributed by atoms with Gasteiger partial charge in [0.1, 0.15) is 5.75 Å². The maximum Gasteiger partial charge on any atom is 0.339 e. The Morgan fingerprint density at radius 3 is 2.70 bits per heavy atom. The van der Waals surface area contributed by atoms with Gasteiger partial charge in [0.2, 0.25) is 0 Å². The standard InChI is InChI=1S/C18H14O2/c1-2-13-9-5-11-16-15(13)10-6-12-17(16)20-18(19)14-7-3-4-8-14/h2-7,9-12H,1,8H2. The van der Waals surface area contributed by atoms with Crippen molar-refractivity contribution >= 4 is 22.8 Å². The predicted octanol–water partition coefficient (Wildman–Crippen LogP) is 4.27. The Hall–Kier alpha value is -2.61. The number of fused-ring (bicyclic) bond motifs is 1. The molecule has 0 fully saturated rings. The molecule has 1 aliphatic carbocycles. The minimum atomic E-state index is -0.286. The summed E-state index contributed by atoms with van der Waals surface area (Å²) < 4.78 is 5.53. The first-order chi connectivity index (χ1) is 9.79. The first kappa shape index (κ1) is 12.4. The Bertz CT molecular complexity index is 751. The molecular formula is C18H14O2. The molecule has 0 bridgehead atoms. The van der Waals surface area contributed by atoms with Crippen molar-refractivity contribution in [2.75, 3.05) is 0 Å². The van der Waals surface area contributed by atoms with Gasteiger partial charge in [-0.1, -0.05) is 61.2 Å². The van der Waals surface area contributed by atoms with Crippen LogP contribution in [-0.4, -0.2) is 5.97 Å². The van der Waals surface area contributed by atoms with Gasteiger partial charge in [-0.15, -0.1) is 0 Å². The zero-order valence-electron chi connectivity index (χ0n) is 11.0. The highest BCUT2D eigenvalue weighted by Gasteiger charge is 2.14. The van der Waals surface area contributed by atoms with Gasteiger partial charge in [0.25, 0.3) is 0 Å². The van der Waals surface area contributed by atoms with Crippen molar-refractivity contribution in [1.29, 1.82) is 0 Å². The van der Waals surface area contributed by atoms with Gasteiger partial charge in [-0.05, 0) is 23.4 Å². The molecule has 0 spiro atoms. The first-order valence-electron chi connectivity index (χ1n) is 6.51. The molecule has 0 radical (unpaired) electrons. The number of esters is 1. The van der Waals surface area contributed by atoms with Crippen molar-refractivity contribution in [2.45, 2.75) is 6.42 Å². The fourth-order valence-electron chi connectivity index (χ4n) is 2.34. The normalized spacial score (nSPS) is 13.3. The van der Waals surface area contributed by atoms with Crippen LogP contribution in [0, 0.1) is 0 Å². The Morgan fingerprint density at radius 2 is 1.95 bits per heavy atom. The number of carbonyl (C=O) groups is 1. The highest BCUT2D eigenvalue weighted by atomic mass is 16.5. The molecule has 0 amide bonds. The molecule has 2 nitrogen and oxygen atoms in total. The summed E-state index contributed by atoms with van der Waals surface area (Å²) in [5.41, 5.74) is 1.71. The summed E-state index contributed by atoms with van der Waals surface area (Å²) in [6.45, 7) is 3.81. The van der Waals surface area contributed by atoms with E-state index >= 15 is 0 Å². The average Bonchev–Trinajstić information content (AvgIpc) is 3.01. The molecule has 0 aromatic heterocycles. The summed E-state index contributed by atoms with van der Waals surface area (Å²) in [6, 6.07) is 11.6. The third-order valence-corrected chi connectivity index (χ3v) is 3.37. The second-order valence-corrected chi connectivity index (χ2v) is 4.62. The van der Waals surface area contributed by atoms with E-state index in [1.807, 2.05) is 48.6 Å². The maximum absolute atomic E-state index is 12.1. The molecule has 0 saturated heterocycles. The van der Waals surface area contributed by atoms with Crippen LogP contribution in [0.2, 0.25) is 0 Å². The quantitative estimate of drug-likeness (QED) is 0.609. The van der Waals surface area contributed by atoms with E-state index in [9.17, 15) is 4.79 Å². The van der Waals surface area contributed by atoms with Crippen LogP contribution in [0.15, 0.2) is 66.8 Å². The van der Waals surface area contributed by atoms with Gasteiger partial charge in [0.15, 0.2) is 0 Å². The molecule has 0 atom stereocenters. The Labute approximate surface area is 117 Å². The monoisotopic (exact) mass is 262 g/mol. The number of ether oxygens (including phenoxy) is 1. The second-order valence-electron chi connectivity index (χ2n) is 4.62. The van der Waals surface area contributed by atoms with Gasteiger partial charge in [-0.25, -0.2) is 4.79 Å². The number of allylic oxidation sites excluding steroid dienone is 3. The predicted molar refractivity (Wildman–Crippen MR) is 81.5 cm³/mol. The van der Waals surface area contributed by atoms with Crippen LogP contribution in [0.3, 0.4) is 0 Å². The number of benzene rings is 2. The van der Waals surface area contributed by atoms with Crippen molar-refractivity contribution in [3.05, 3.63) is 72.3 Å². The van der Waals surface area contributed by atoms with Crippen molar-refractivity contribution in [2.24, 2.45) is 0 Å². The SMILES string of the molecule is C=Cc1cccc2c(OC(=O)C3=CC=CC3)cccc12. The molecule has 20 heavy (non-hydrogen) atoms. The van der Waals surface area contributed by atoms with E-state index in [1.54, 1.807) is 12.2 Å². The molecule has 2 aromatic carbocycles. The molecule has 3 rings (SSSR count). The van der Waals surface area contributed by atoms with Gasteiger partial charge < -0.3 is 4.74 Å². The van der Waals surface area contributed by atoms with Gasteiger partial charge in [-0.3, -0.25) is 0 Å². The summed E-state index contributed by atoms with van der Waals surface area (Å²) in [7, 11) is 0. The zero-order valence-corrected chi connectivity index (χ0v) is 11.0. The van der Waals surface area contributed by atoms with E-state index < -0.39 is 0 Å². The summed E-state index contributed by atoms with van der Waals surface area (Å²) in [6.07, 6.45) is 8.05. The van der Waals surface area contributed by atoms with Gasteiger partial charge >= 0.3 is 5.97 Å². The average molecular weight is 262 g/mol. The smallest absolute Gasteiger partial charge is 0.339 e. The van der Waals surface area contributed by atoms with Crippen LogP contribution in [0.4, 0.5) is 0 Å². The van der Waals surface area contributed by atoms with Crippen LogP contribution in [0.5, 0.6) is 5.75 Å². The molecule has 2 heteroatoms. The summed E-state index contributed by atoms with van der Waals surface area (Å²) in [4.78, 5) is 12.1. The highest BCUT2D eigenvalue weighted by Crippen LogP contribution is 2.29. The van der Waals surface area contributed by atoms with E-state index in [1.165, 1.54) is 0 Å². The molecule has 0 aliphatic heterocycles. The van der Waals surface area contributed by atoms with E-state index in [2.05, 4.69) is 6.58 Å². The molecule has 0 N–H and O–H groups in total. The van der Waals surface area contributed by atoms with Crippen LogP contribution >= 0.6 is 0 Å². The lowest BCUT2D eigenvalue weighted by molar-refractivity contribution is -0.130. The zero-order chi connectivity index (χ0) is 13.9. The molecule has 98 valence electrons. The van der Waals surface area contributed by atoms with Gasteiger partial charge in [0.05, 0.1) is 0 Å². The molecule has 0 saturated carbocycles. The first-order valence-corrected chi connectivity index (χ1v) is 6.51. The molecule has 0 heterocycles. The Balaban J connectivity index is 2.00. The van der Waals surface area contributed by atoms with E-state index in [4.69, 9.17) is 4.74 Å². The minimum Gasteiger partial charge on any atom is -0.422 e. The van der Waals surface area contributed by atoms with Crippen LogP contribution in [0.25, 0.3) is 16.8 Å². The number of hydrogen-bond acceptors (Lipinski definition) is 2. The Morgan fingerprint density at radius 1 is 1.15 bits per heavy atom. The second kappa shape index (κ2) is 5.17. The van der Waals surface area contributed by atoms with Crippen molar-refractivity contribution in [3.8, 4) is 5.75 Å². The third kappa shape index (κ3) is 2.16. The largest absolute Gasteiger partial charge is 0.422 e. The van der Waals surface area contributed by atoms with E-state index in [0.717, 1.165) is 16.3 Å².